The zero-order valence-electron chi connectivity index (χ0n) is 12.7. The van der Waals surface area contributed by atoms with E-state index >= 15 is 0 Å². The Labute approximate surface area is 135 Å². The highest BCUT2D eigenvalue weighted by Crippen LogP contribution is 2.38. The zero-order chi connectivity index (χ0) is 15.1. The third-order valence-electron chi connectivity index (χ3n) is 5.54. The second kappa shape index (κ2) is 5.69. The first-order valence-corrected chi connectivity index (χ1v) is 9.32. The van der Waals surface area contributed by atoms with Crippen LogP contribution in [0.1, 0.15) is 44.9 Å². The molecular formula is C17H22N2O2S. The lowest BCUT2D eigenvalue weighted by atomic mass is 10.0. The number of thiophene rings is 1. The van der Waals surface area contributed by atoms with Crippen LogP contribution in [-0.4, -0.2) is 35.3 Å². The molecule has 3 fully saturated rings. The Balaban J connectivity index is 1.47. The van der Waals surface area contributed by atoms with E-state index in [0.717, 1.165) is 18.7 Å². The van der Waals surface area contributed by atoms with Crippen LogP contribution in [0, 0.1) is 5.92 Å². The summed E-state index contributed by atoms with van der Waals surface area (Å²) in [5.74, 6) is 1.03. The number of carbonyl (C=O) groups excluding carboxylic acids is 2. The quantitative estimate of drug-likeness (QED) is 0.859. The normalized spacial score (nSPS) is 28.6. The van der Waals surface area contributed by atoms with E-state index in [1.807, 2.05) is 26.6 Å². The molecule has 4 rings (SSSR count). The molecule has 0 unspecified atom stereocenters. The summed E-state index contributed by atoms with van der Waals surface area (Å²) in [7, 11) is 0. The van der Waals surface area contributed by atoms with Crippen LogP contribution in [0.2, 0.25) is 0 Å². The van der Waals surface area contributed by atoms with Gasteiger partial charge in [0.15, 0.2) is 0 Å². The molecule has 2 amide bonds. The third-order valence-corrected chi connectivity index (χ3v) is 6.21. The number of fused-ring (bicyclic) bond motifs is 1. The number of amides is 2. The molecule has 2 aliphatic heterocycles. The Morgan fingerprint density at radius 2 is 2.05 bits per heavy atom. The van der Waals surface area contributed by atoms with Crippen molar-refractivity contribution in [2.45, 2.75) is 57.0 Å². The van der Waals surface area contributed by atoms with Gasteiger partial charge in [-0.1, -0.05) is 12.8 Å². The van der Waals surface area contributed by atoms with Gasteiger partial charge < -0.3 is 9.80 Å². The van der Waals surface area contributed by atoms with Gasteiger partial charge in [-0.05, 0) is 36.6 Å². The van der Waals surface area contributed by atoms with Crippen LogP contribution in [0.25, 0.3) is 0 Å². The highest BCUT2D eigenvalue weighted by Gasteiger charge is 2.48. The molecule has 1 saturated carbocycles. The van der Waals surface area contributed by atoms with Crippen molar-refractivity contribution < 1.29 is 9.59 Å². The fourth-order valence-electron chi connectivity index (χ4n) is 4.47. The number of hydrogen-bond donors (Lipinski definition) is 0. The average molecular weight is 318 g/mol. The lowest BCUT2D eigenvalue weighted by Gasteiger charge is -2.25. The smallest absolute Gasteiger partial charge is 0.229 e. The molecule has 3 heterocycles. The van der Waals surface area contributed by atoms with Gasteiger partial charge in [-0.25, -0.2) is 0 Å². The van der Waals surface area contributed by atoms with Gasteiger partial charge in [0.05, 0.1) is 17.8 Å². The summed E-state index contributed by atoms with van der Waals surface area (Å²) in [5, 5.41) is 4.04. The van der Waals surface area contributed by atoms with Gasteiger partial charge in [0.1, 0.15) is 0 Å². The molecule has 22 heavy (non-hydrogen) atoms. The minimum atomic E-state index is 0.0984. The van der Waals surface area contributed by atoms with Crippen molar-refractivity contribution in [3.63, 3.8) is 0 Å². The summed E-state index contributed by atoms with van der Waals surface area (Å²) in [6.45, 7) is 0.814. The van der Waals surface area contributed by atoms with Crippen LogP contribution in [0.5, 0.6) is 0 Å². The molecule has 118 valence electrons. The maximum Gasteiger partial charge on any atom is 0.229 e. The van der Waals surface area contributed by atoms with Gasteiger partial charge in [-0.2, -0.15) is 11.3 Å². The van der Waals surface area contributed by atoms with Gasteiger partial charge in [0.2, 0.25) is 11.8 Å². The minimum Gasteiger partial charge on any atom is -0.337 e. The molecule has 2 saturated heterocycles. The maximum absolute atomic E-state index is 12.6. The van der Waals surface area contributed by atoms with Gasteiger partial charge in [0.25, 0.3) is 0 Å². The Kier molecular flexibility index (Phi) is 3.68. The van der Waals surface area contributed by atoms with Crippen molar-refractivity contribution in [3.05, 3.63) is 16.8 Å². The van der Waals surface area contributed by atoms with E-state index in [1.54, 1.807) is 11.3 Å². The molecule has 4 nitrogen and oxygen atoms in total. The standard InChI is InChI=1S/C17H22N2O2S/c20-16(9-12-3-1-2-4-12)18-7-5-14-15(18)10-17(21)19(14)13-6-8-22-11-13/h6,8,11-12,14-15H,1-5,7,9-10H2/t14-,15+/m0/s1. The van der Waals surface area contributed by atoms with Crippen LogP contribution in [-0.2, 0) is 9.59 Å². The molecule has 1 aliphatic carbocycles. The molecular weight excluding hydrogens is 296 g/mol. The van der Waals surface area contributed by atoms with Crippen molar-refractivity contribution in [2.75, 3.05) is 11.4 Å². The van der Waals surface area contributed by atoms with E-state index in [2.05, 4.69) is 0 Å². The fourth-order valence-corrected chi connectivity index (χ4v) is 5.09. The molecule has 3 aliphatic rings. The number of hydrogen-bond acceptors (Lipinski definition) is 3. The third kappa shape index (κ3) is 2.35. The molecule has 0 N–H and O–H groups in total. The molecule has 2 atom stereocenters. The van der Waals surface area contributed by atoms with Crippen molar-refractivity contribution in [1.29, 1.82) is 0 Å². The molecule has 1 aromatic rings. The van der Waals surface area contributed by atoms with E-state index < -0.39 is 0 Å². The zero-order valence-corrected chi connectivity index (χ0v) is 13.6. The number of anilines is 1. The van der Waals surface area contributed by atoms with E-state index in [4.69, 9.17) is 0 Å². The highest BCUT2D eigenvalue weighted by molar-refractivity contribution is 7.08. The van der Waals surface area contributed by atoms with Crippen LogP contribution in [0.4, 0.5) is 5.69 Å². The van der Waals surface area contributed by atoms with Crippen molar-refractivity contribution >= 4 is 28.8 Å². The van der Waals surface area contributed by atoms with Crippen LogP contribution < -0.4 is 4.90 Å². The second-order valence-corrected chi connectivity index (χ2v) is 7.59. The van der Waals surface area contributed by atoms with E-state index in [0.29, 0.717) is 18.8 Å². The first-order chi connectivity index (χ1) is 10.7. The van der Waals surface area contributed by atoms with Crippen molar-refractivity contribution in [2.24, 2.45) is 5.92 Å². The number of nitrogens with zero attached hydrogens (tertiary/aromatic N) is 2. The predicted octanol–water partition coefficient (Wildman–Crippen LogP) is 3.03. The molecule has 0 spiro atoms. The minimum absolute atomic E-state index is 0.0984. The molecule has 0 aromatic carbocycles. The van der Waals surface area contributed by atoms with Crippen molar-refractivity contribution in [1.82, 2.24) is 4.90 Å². The lowest BCUT2D eigenvalue weighted by Crippen LogP contribution is -2.40. The van der Waals surface area contributed by atoms with E-state index in [-0.39, 0.29) is 23.9 Å². The summed E-state index contributed by atoms with van der Waals surface area (Å²) < 4.78 is 0. The van der Waals surface area contributed by atoms with E-state index in [1.165, 1.54) is 25.7 Å². The Bertz CT molecular complexity index is 565. The maximum atomic E-state index is 12.6. The largest absolute Gasteiger partial charge is 0.337 e. The van der Waals surface area contributed by atoms with Crippen LogP contribution in [0.3, 0.4) is 0 Å². The average Bonchev–Trinajstić information content (AvgIpc) is 3.20. The summed E-state index contributed by atoms with van der Waals surface area (Å²) in [6, 6.07) is 2.30. The van der Waals surface area contributed by atoms with E-state index in [9.17, 15) is 9.59 Å². The van der Waals surface area contributed by atoms with Gasteiger partial charge in [0, 0.05) is 24.8 Å². The lowest BCUT2D eigenvalue weighted by molar-refractivity contribution is -0.133. The molecule has 1 aromatic heterocycles. The number of likely N-dealkylation sites (tertiary alicyclic amines) is 1. The number of rotatable bonds is 3. The SMILES string of the molecule is O=C(CC1CCCC1)N1CC[C@H]2[C@H]1CC(=O)N2c1ccsc1. The first-order valence-electron chi connectivity index (χ1n) is 8.38. The Hall–Kier alpha value is -1.36. The van der Waals surface area contributed by atoms with Gasteiger partial charge in [-0.3, -0.25) is 9.59 Å². The predicted molar refractivity (Wildman–Crippen MR) is 86.9 cm³/mol. The molecule has 5 heteroatoms. The Morgan fingerprint density at radius 1 is 1.23 bits per heavy atom. The van der Waals surface area contributed by atoms with Gasteiger partial charge >= 0.3 is 0 Å². The van der Waals surface area contributed by atoms with Crippen LogP contribution >= 0.6 is 11.3 Å². The monoisotopic (exact) mass is 318 g/mol. The van der Waals surface area contributed by atoms with Crippen LogP contribution in [0.15, 0.2) is 16.8 Å². The molecule has 0 bridgehead atoms. The Morgan fingerprint density at radius 3 is 2.77 bits per heavy atom. The topological polar surface area (TPSA) is 40.6 Å². The van der Waals surface area contributed by atoms with Crippen molar-refractivity contribution in [3.8, 4) is 0 Å². The van der Waals surface area contributed by atoms with Gasteiger partial charge in [-0.15, -0.1) is 0 Å². The second-order valence-electron chi connectivity index (χ2n) is 6.81. The fraction of sp³-hybridized carbons (Fsp3) is 0.647. The summed E-state index contributed by atoms with van der Waals surface area (Å²) in [6.07, 6.45) is 7.06. The molecule has 0 radical (unpaired) electrons. The summed E-state index contributed by atoms with van der Waals surface area (Å²) in [5.41, 5.74) is 1.01. The highest BCUT2D eigenvalue weighted by atomic mass is 32.1. The number of carbonyl (C=O) groups is 2. The summed E-state index contributed by atoms with van der Waals surface area (Å²) in [4.78, 5) is 29.0. The summed E-state index contributed by atoms with van der Waals surface area (Å²) >= 11 is 1.62. The first kappa shape index (κ1) is 14.2.